The quantitative estimate of drug-likeness (QED) is 0.870. The molecule has 2 rings (SSSR count). The van der Waals surface area contributed by atoms with Crippen LogP contribution in [0.15, 0.2) is 36.7 Å². The highest BCUT2D eigenvalue weighted by atomic mass is 16.5. The van der Waals surface area contributed by atoms with E-state index in [1.54, 1.807) is 19.5 Å². The summed E-state index contributed by atoms with van der Waals surface area (Å²) in [7, 11) is 1.60. The van der Waals surface area contributed by atoms with Crippen molar-refractivity contribution < 1.29 is 14.6 Å². The molecule has 1 N–H and O–H groups in total. The molecule has 0 atom stereocenters. The largest absolute Gasteiger partial charge is 0.496 e. The van der Waals surface area contributed by atoms with E-state index in [0.717, 1.165) is 16.9 Å². The third-order valence-corrected chi connectivity index (χ3v) is 2.35. The van der Waals surface area contributed by atoms with Gasteiger partial charge in [0.2, 0.25) is 0 Å². The number of aliphatic carboxylic acids is 1. The molecule has 1 aromatic carbocycles. The molecule has 0 radical (unpaired) electrons. The summed E-state index contributed by atoms with van der Waals surface area (Å²) < 4.78 is 6.62. The highest BCUT2D eigenvalue weighted by Gasteiger charge is 2.08. The molecule has 0 fully saturated rings. The fourth-order valence-corrected chi connectivity index (χ4v) is 1.61. The van der Waals surface area contributed by atoms with Crippen LogP contribution in [0.1, 0.15) is 0 Å². The first-order chi connectivity index (χ1) is 8.20. The summed E-state index contributed by atoms with van der Waals surface area (Å²) in [4.78, 5) is 10.6. The Bertz CT molecular complexity index is 534. The van der Waals surface area contributed by atoms with E-state index in [0.29, 0.717) is 0 Å². The van der Waals surface area contributed by atoms with E-state index in [1.807, 2.05) is 24.3 Å². The van der Waals surface area contributed by atoms with Crippen LogP contribution < -0.4 is 4.74 Å². The number of aromatic nitrogens is 2. The Morgan fingerprint density at radius 1 is 1.47 bits per heavy atom. The molecule has 2 aromatic rings. The smallest absolute Gasteiger partial charge is 0.325 e. The molecule has 0 unspecified atom stereocenters. The number of carboxylic acids is 1. The summed E-state index contributed by atoms with van der Waals surface area (Å²) >= 11 is 0. The Hall–Kier alpha value is -2.30. The van der Waals surface area contributed by atoms with E-state index in [1.165, 1.54) is 4.68 Å². The maximum atomic E-state index is 10.6. The minimum absolute atomic E-state index is 0.144. The van der Waals surface area contributed by atoms with Gasteiger partial charge in [-0.3, -0.25) is 9.48 Å². The van der Waals surface area contributed by atoms with Gasteiger partial charge < -0.3 is 9.84 Å². The van der Waals surface area contributed by atoms with Crippen molar-refractivity contribution in [2.45, 2.75) is 6.54 Å². The fourth-order valence-electron chi connectivity index (χ4n) is 1.61. The van der Waals surface area contributed by atoms with Gasteiger partial charge in [-0.25, -0.2) is 0 Å². The summed E-state index contributed by atoms with van der Waals surface area (Å²) in [6, 6.07) is 7.53. The maximum absolute atomic E-state index is 10.6. The number of nitrogens with zero attached hydrogens (tertiary/aromatic N) is 2. The molecule has 5 nitrogen and oxygen atoms in total. The van der Waals surface area contributed by atoms with Crippen molar-refractivity contribution in [1.29, 1.82) is 0 Å². The van der Waals surface area contributed by atoms with E-state index in [-0.39, 0.29) is 6.54 Å². The maximum Gasteiger partial charge on any atom is 0.325 e. The minimum Gasteiger partial charge on any atom is -0.496 e. The molecule has 0 saturated carbocycles. The van der Waals surface area contributed by atoms with Crippen LogP contribution in [0.5, 0.6) is 5.75 Å². The molecule has 17 heavy (non-hydrogen) atoms. The minimum atomic E-state index is -0.917. The van der Waals surface area contributed by atoms with E-state index in [9.17, 15) is 4.79 Å². The van der Waals surface area contributed by atoms with Gasteiger partial charge in [0.1, 0.15) is 12.3 Å². The lowest BCUT2D eigenvalue weighted by molar-refractivity contribution is -0.137. The van der Waals surface area contributed by atoms with Crippen molar-refractivity contribution >= 4 is 5.97 Å². The third-order valence-electron chi connectivity index (χ3n) is 2.35. The first-order valence-corrected chi connectivity index (χ1v) is 5.08. The summed E-state index contributed by atoms with van der Waals surface area (Å²) in [5.74, 6) is -0.179. The number of hydrogen-bond acceptors (Lipinski definition) is 3. The molecule has 0 aliphatic rings. The van der Waals surface area contributed by atoms with Crippen LogP contribution in [0, 0.1) is 0 Å². The van der Waals surface area contributed by atoms with Gasteiger partial charge in [-0.05, 0) is 6.07 Å². The zero-order chi connectivity index (χ0) is 12.3. The van der Waals surface area contributed by atoms with Gasteiger partial charge >= 0.3 is 5.97 Å². The number of carbonyl (C=O) groups is 1. The van der Waals surface area contributed by atoms with Crippen molar-refractivity contribution in [2.75, 3.05) is 7.11 Å². The monoisotopic (exact) mass is 232 g/mol. The zero-order valence-corrected chi connectivity index (χ0v) is 9.33. The van der Waals surface area contributed by atoms with Crippen LogP contribution in [0.25, 0.3) is 11.1 Å². The topological polar surface area (TPSA) is 64.4 Å². The normalized spacial score (nSPS) is 10.2. The van der Waals surface area contributed by atoms with E-state index in [2.05, 4.69) is 5.10 Å². The van der Waals surface area contributed by atoms with Gasteiger partial charge in [0.15, 0.2) is 0 Å². The van der Waals surface area contributed by atoms with Crippen LogP contribution >= 0.6 is 0 Å². The lowest BCUT2D eigenvalue weighted by atomic mass is 10.1. The van der Waals surface area contributed by atoms with Crippen molar-refractivity contribution in [3.05, 3.63) is 36.7 Å². The zero-order valence-electron chi connectivity index (χ0n) is 9.33. The van der Waals surface area contributed by atoms with Gasteiger partial charge in [0.25, 0.3) is 0 Å². The number of methoxy groups -OCH3 is 1. The molecule has 0 aliphatic heterocycles. The second kappa shape index (κ2) is 4.69. The molecule has 0 aliphatic carbocycles. The Balaban J connectivity index is 2.33. The van der Waals surface area contributed by atoms with Crippen molar-refractivity contribution in [3.8, 4) is 16.9 Å². The van der Waals surface area contributed by atoms with Crippen LogP contribution in [-0.4, -0.2) is 28.0 Å². The predicted octanol–water partition coefficient (Wildman–Crippen LogP) is 1.64. The highest BCUT2D eigenvalue weighted by molar-refractivity contribution is 5.70. The van der Waals surface area contributed by atoms with Crippen molar-refractivity contribution in [2.24, 2.45) is 0 Å². The highest BCUT2D eigenvalue weighted by Crippen LogP contribution is 2.28. The van der Waals surface area contributed by atoms with Crippen LogP contribution in [-0.2, 0) is 11.3 Å². The van der Waals surface area contributed by atoms with Gasteiger partial charge in [-0.15, -0.1) is 0 Å². The Kier molecular flexibility index (Phi) is 3.09. The van der Waals surface area contributed by atoms with E-state index >= 15 is 0 Å². The molecule has 88 valence electrons. The molecule has 1 aromatic heterocycles. The summed E-state index contributed by atoms with van der Waals surface area (Å²) in [6.45, 7) is -0.144. The average molecular weight is 232 g/mol. The van der Waals surface area contributed by atoms with E-state index in [4.69, 9.17) is 9.84 Å². The molecular formula is C12H12N2O3. The number of carboxylic acid groups (broad SMARTS) is 1. The third kappa shape index (κ3) is 2.44. The first-order valence-electron chi connectivity index (χ1n) is 5.08. The number of hydrogen-bond donors (Lipinski definition) is 1. The Morgan fingerprint density at radius 2 is 2.24 bits per heavy atom. The molecule has 0 amide bonds. The van der Waals surface area contributed by atoms with Crippen LogP contribution in [0.2, 0.25) is 0 Å². The fraction of sp³-hybridized carbons (Fsp3) is 0.167. The molecule has 0 spiro atoms. The van der Waals surface area contributed by atoms with Gasteiger partial charge in [-0.1, -0.05) is 18.2 Å². The Labute approximate surface area is 98.3 Å². The second-order valence-electron chi connectivity index (χ2n) is 3.52. The molecule has 0 bridgehead atoms. The van der Waals surface area contributed by atoms with Crippen LogP contribution in [0.4, 0.5) is 0 Å². The summed E-state index contributed by atoms with van der Waals surface area (Å²) in [6.07, 6.45) is 3.31. The van der Waals surface area contributed by atoms with Crippen LogP contribution in [0.3, 0.4) is 0 Å². The molecule has 5 heteroatoms. The lowest BCUT2D eigenvalue weighted by Gasteiger charge is -2.05. The molecule has 1 heterocycles. The standard InChI is InChI=1S/C12H12N2O3/c1-17-11-5-3-2-4-10(11)9-6-13-14(7-9)8-12(15)16/h2-7H,8H2,1H3,(H,15,16). The SMILES string of the molecule is COc1ccccc1-c1cnn(CC(=O)O)c1. The Morgan fingerprint density at radius 3 is 2.94 bits per heavy atom. The number of para-hydroxylation sites is 1. The molecule has 0 saturated heterocycles. The van der Waals surface area contributed by atoms with Crippen molar-refractivity contribution in [1.82, 2.24) is 9.78 Å². The lowest BCUT2D eigenvalue weighted by Crippen LogP contribution is -2.08. The van der Waals surface area contributed by atoms with Gasteiger partial charge in [0.05, 0.1) is 13.3 Å². The van der Waals surface area contributed by atoms with Gasteiger partial charge in [-0.2, -0.15) is 5.10 Å². The average Bonchev–Trinajstić information content (AvgIpc) is 2.76. The first kappa shape index (κ1) is 11.2. The summed E-state index contributed by atoms with van der Waals surface area (Å²) in [5.41, 5.74) is 1.73. The van der Waals surface area contributed by atoms with E-state index < -0.39 is 5.97 Å². The summed E-state index contributed by atoms with van der Waals surface area (Å²) in [5, 5.41) is 12.7. The predicted molar refractivity (Wildman–Crippen MR) is 61.9 cm³/mol. The van der Waals surface area contributed by atoms with Crippen molar-refractivity contribution in [3.63, 3.8) is 0 Å². The van der Waals surface area contributed by atoms with Gasteiger partial charge in [0, 0.05) is 17.3 Å². The second-order valence-corrected chi connectivity index (χ2v) is 3.52. The number of ether oxygens (including phenoxy) is 1. The number of rotatable bonds is 4. The number of benzene rings is 1. The molecular weight excluding hydrogens is 220 g/mol.